The first-order valence-corrected chi connectivity index (χ1v) is 7.96. The standard InChI is InChI=1S/C18H22N4O3/c1-4-10-22(12-17(23)20-16-9-11-25-21-16)18(24)19-15-7-5-14(6-8-15)13(2)3/h4-9,11,13H,1,10,12H2,2-3H3,(H,19,24)(H,20,21,23). The molecule has 0 atom stereocenters. The minimum atomic E-state index is -0.382. The Hall–Kier alpha value is -3.09. The number of nitrogens with zero attached hydrogens (tertiary/aromatic N) is 2. The molecule has 2 aromatic rings. The molecule has 7 nitrogen and oxygen atoms in total. The molecule has 0 aliphatic heterocycles. The normalized spacial score (nSPS) is 10.4. The molecule has 0 spiro atoms. The fourth-order valence-corrected chi connectivity index (χ4v) is 2.16. The molecular formula is C18H22N4O3. The Morgan fingerprint density at radius 1 is 1.24 bits per heavy atom. The maximum atomic E-state index is 12.4. The maximum Gasteiger partial charge on any atom is 0.322 e. The molecule has 7 heteroatoms. The first-order valence-electron chi connectivity index (χ1n) is 7.96. The van der Waals surface area contributed by atoms with Crippen molar-refractivity contribution >= 4 is 23.4 Å². The molecule has 0 saturated carbocycles. The predicted octanol–water partition coefficient (Wildman–Crippen LogP) is 3.46. The molecule has 0 unspecified atom stereocenters. The number of carbonyl (C=O) groups excluding carboxylic acids is 2. The van der Waals surface area contributed by atoms with Crippen LogP contribution >= 0.6 is 0 Å². The van der Waals surface area contributed by atoms with Gasteiger partial charge in [0.2, 0.25) is 5.91 Å². The van der Waals surface area contributed by atoms with E-state index in [1.54, 1.807) is 6.08 Å². The van der Waals surface area contributed by atoms with Crippen LogP contribution in [0.15, 0.2) is 53.8 Å². The van der Waals surface area contributed by atoms with Gasteiger partial charge in [-0.05, 0) is 23.6 Å². The van der Waals surface area contributed by atoms with Gasteiger partial charge in [0.15, 0.2) is 5.82 Å². The van der Waals surface area contributed by atoms with E-state index in [1.807, 2.05) is 24.3 Å². The minimum absolute atomic E-state index is 0.130. The number of hydrogen-bond acceptors (Lipinski definition) is 4. The molecule has 0 fully saturated rings. The summed E-state index contributed by atoms with van der Waals surface area (Å²) in [4.78, 5) is 25.8. The number of nitrogens with one attached hydrogen (secondary N) is 2. The molecule has 0 aliphatic carbocycles. The van der Waals surface area contributed by atoms with Gasteiger partial charge in [0.1, 0.15) is 12.8 Å². The van der Waals surface area contributed by atoms with Gasteiger partial charge < -0.3 is 20.1 Å². The van der Waals surface area contributed by atoms with Crippen LogP contribution in [0, 0.1) is 0 Å². The number of aromatic nitrogens is 1. The zero-order valence-corrected chi connectivity index (χ0v) is 14.4. The molecule has 132 valence electrons. The summed E-state index contributed by atoms with van der Waals surface area (Å²) in [6.07, 6.45) is 2.91. The van der Waals surface area contributed by atoms with Crippen LogP contribution in [0.3, 0.4) is 0 Å². The Labute approximate surface area is 146 Å². The zero-order chi connectivity index (χ0) is 18.2. The second-order valence-corrected chi connectivity index (χ2v) is 5.81. The Kier molecular flexibility index (Phi) is 6.33. The van der Waals surface area contributed by atoms with Gasteiger partial charge in [0.05, 0.1) is 0 Å². The fourth-order valence-electron chi connectivity index (χ4n) is 2.16. The average Bonchev–Trinajstić information content (AvgIpc) is 3.07. The highest BCUT2D eigenvalue weighted by molar-refractivity contribution is 5.96. The number of urea groups is 1. The number of anilines is 2. The second-order valence-electron chi connectivity index (χ2n) is 5.81. The number of amides is 3. The number of carbonyl (C=O) groups is 2. The lowest BCUT2D eigenvalue weighted by atomic mass is 10.0. The molecule has 0 bridgehead atoms. The lowest BCUT2D eigenvalue weighted by molar-refractivity contribution is -0.116. The van der Waals surface area contributed by atoms with Crippen molar-refractivity contribution in [3.8, 4) is 0 Å². The Bertz CT molecular complexity index is 708. The van der Waals surface area contributed by atoms with Crippen LogP contribution in [0.4, 0.5) is 16.3 Å². The lowest BCUT2D eigenvalue weighted by Crippen LogP contribution is -2.40. The highest BCUT2D eigenvalue weighted by Gasteiger charge is 2.17. The summed E-state index contributed by atoms with van der Waals surface area (Å²) in [5, 5.41) is 8.93. The van der Waals surface area contributed by atoms with E-state index in [4.69, 9.17) is 0 Å². The minimum Gasteiger partial charge on any atom is -0.363 e. The predicted molar refractivity (Wildman–Crippen MR) is 96.5 cm³/mol. The van der Waals surface area contributed by atoms with Gasteiger partial charge in [0.25, 0.3) is 0 Å². The van der Waals surface area contributed by atoms with E-state index in [9.17, 15) is 9.59 Å². The lowest BCUT2D eigenvalue weighted by Gasteiger charge is -2.21. The number of hydrogen-bond donors (Lipinski definition) is 2. The van der Waals surface area contributed by atoms with Crippen molar-refractivity contribution in [2.75, 3.05) is 23.7 Å². The molecule has 1 heterocycles. The van der Waals surface area contributed by atoms with Crippen molar-refractivity contribution in [3.05, 3.63) is 54.8 Å². The summed E-state index contributed by atoms with van der Waals surface area (Å²) in [5.41, 5.74) is 1.85. The van der Waals surface area contributed by atoms with E-state index in [0.29, 0.717) is 17.4 Å². The topological polar surface area (TPSA) is 87.5 Å². The molecule has 2 N–H and O–H groups in total. The van der Waals surface area contributed by atoms with Crippen molar-refractivity contribution in [2.24, 2.45) is 0 Å². The third-order valence-electron chi connectivity index (χ3n) is 3.51. The number of benzene rings is 1. The Morgan fingerprint density at radius 3 is 2.52 bits per heavy atom. The van der Waals surface area contributed by atoms with Gasteiger partial charge in [0, 0.05) is 18.3 Å². The van der Waals surface area contributed by atoms with E-state index < -0.39 is 0 Å². The van der Waals surface area contributed by atoms with Crippen molar-refractivity contribution in [1.82, 2.24) is 10.1 Å². The molecule has 0 radical (unpaired) electrons. The van der Waals surface area contributed by atoms with Crippen molar-refractivity contribution in [1.29, 1.82) is 0 Å². The van der Waals surface area contributed by atoms with Crippen LogP contribution in [-0.2, 0) is 4.79 Å². The summed E-state index contributed by atoms with van der Waals surface area (Å²) in [7, 11) is 0. The molecule has 1 aromatic carbocycles. The SMILES string of the molecule is C=CCN(CC(=O)Nc1ccon1)C(=O)Nc1ccc(C(C)C)cc1. The molecule has 1 aromatic heterocycles. The molecular weight excluding hydrogens is 320 g/mol. The van der Waals surface area contributed by atoms with Gasteiger partial charge in [-0.15, -0.1) is 6.58 Å². The number of rotatable bonds is 7. The third-order valence-corrected chi connectivity index (χ3v) is 3.51. The highest BCUT2D eigenvalue weighted by atomic mass is 16.5. The van der Waals surface area contributed by atoms with E-state index in [-0.39, 0.29) is 25.0 Å². The quantitative estimate of drug-likeness (QED) is 0.754. The van der Waals surface area contributed by atoms with Gasteiger partial charge in [-0.1, -0.05) is 37.2 Å². The summed E-state index contributed by atoms with van der Waals surface area (Å²) < 4.78 is 4.65. The van der Waals surface area contributed by atoms with Crippen LogP contribution < -0.4 is 10.6 Å². The average molecular weight is 342 g/mol. The van der Waals surface area contributed by atoms with Crippen LogP contribution in [0.2, 0.25) is 0 Å². The molecule has 25 heavy (non-hydrogen) atoms. The highest BCUT2D eigenvalue weighted by Crippen LogP contribution is 2.17. The largest absolute Gasteiger partial charge is 0.363 e. The Morgan fingerprint density at radius 2 is 1.96 bits per heavy atom. The van der Waals surface area contributed by atoms with Gasteiger partial charge in [-0.3, -0.25) is 4.79 Å². The summed E-state index contributed by atoms with van der Waals surface area (Å²) in [6, 6.07) is 8.76. The summed E-state index contributed by atoms with van der Waals surface area (Å²) in [6.45, 7) is 7.94. The van der Waals surface area contributed by atoms with E-state index in [2.05, 4.69) is 40.7 Å². The molecule has 0 saturated heterocycles. The Balaban J connectivity index is 1.96. The zero-order valence-electron chi connectivity index (χ0n) is 14.4. The maximum absolute atomic E-state index is 12.4. The van der Waals surface area contributed by atoms with Crippen LogP contribution in [0.1, 0.15) is 25.3 Å². The monoisotopic (exact) mass is 342 g/mol. The van der Waals surface area contributed by atoms with Crippen LogP contribution in [0.5, 0.6) is 0 Å². The summed E-state index contributed by atoms with van der Waals surface area (Å²) >= 11 is 0. The van der Waals surface area contributed by atoms with Gasteiger partial charge in [-0.2, -0.15) is 0 Å². The van der Waals surface area contributed by atoms with E-state index >= 15 is 0 Å². The van der Waals surface area contributed by atoms with E-state index in [1.165, 1.54) is 22.8 Å². The fraction of sp³-hybridized carbons (Fsp3) is 0.278. The second kappa shape index (κ2) is 8.68. The molecule has 2 rings (SSSR count). The van der Waals surface area contributed by atoms with Crippen molar-refractivity contribution in [2.45, 2.75) is 19.8 Å². The van der Waals surface area contributed by atoms with Crippen molar-refractivity contribution in [3.63, 3.8) is 0 Å². The van der Waals surface area contributed by atoms with Gasteiger partial charge in [-0.25, -0.2) is 4.79 Å². The van der Waals surface area contributed by atoms with E-state index in [0.717, 1.165) is 0 Å². The third kappa shape index (κ3) is 5.49. The smallest absolute Gasteiger partial charge is 0.322 e. The van der Waals surface area contributed by atoms with Gasteiger partial charge >= 0.3 is 6.03 Å². The van der Waals surface area contributed by atoms with Crippen LogP contribution in [0.25, 0.3) is 0 Å². The first-order chi connectivity index (χ1) is 12.0. The summed E-state index contributed by atoms with van der Waals surface area (Å²) in [5.74, 6) is 0.344. The van der Waals surface area contributed by atoms with Crippen molar-refractivity contribution < 1.29 is 14.1 Å². The molecule has 3 amide bonds. The molecule has 0 aliphatic rings. The van der Waals surface area contributed by atoms with Crippen LogP contribution in [-0.4, -0.2) is 35.1 Å². The first kappa shape index (κ1) is 18.3.